The SMILES string of the molecule is CCOC(=O)[C@@H]1c2ccc(OC)cc2C(=O)N([C@H]2CCCC[C@@H]2N)[C@H]1c1ccc(Cl)cc1Cl. The van der Waals surface area contributed by atoms with Gasteiger partial charge < -0.3 is 20.1 Å². The molecule has 4 rings (SSSR count). The summed E-state index contributed by atoms with van der Waals surface area (Å²) in [5.74, 6) is -0.832. The van der Waals surface area contributed by atoms with E-state index in [0.717, 1.165) is 25.7 Å². The maximum absolute atomic E-state index is 14.0. The lowest BCUT2D eigenvalue weighted by Crippen LogP contribution is -2.57. The zero-order valence-corrected chi connectivity index (χ0v) is 20.2. The molecule has 6 nitrogen and oxygen atoms in total. The summed E-state index contributed by atoms with van der Waals surface area (Å²) in [6.45, 7) is 1.98. The number of esters is 1. The van der Waals surface area contributed by atoms with Crippen LogP contribution in [0.15, 0.2) is 36.4 Å². The third-order valence-corrected chi connectivity index (χ3v) is 7.20. The Balaban J connectivity index is 1.96. The molecule has 0 radical (unpaired) electrons. The van der Waals surface area contributed by atoms with Gasteiger partial charge in [0.2, 0.25) is 0 Å². The molecule has 0 spiro atoms. The van der Waals surface area contributed by atoms with Gasteiger partial charge in [-0.1, -0.05) is 48.2 Å². The fourth-order valence-corrected chi connectivity index (χ4v) is 5.64. The van der Waals surface area contributed by atoms with Gasteiger partial charge in [-0.25, -0.2) is 0 Å². The second-order valence-corrected chi connectivity index (χ2v) is 9.37. The molecule has 1 amide bonds. The van der Waals surface area contributed by atoms with Gasteiger partial charge in [0.25, 0.3) is 5.91 Å². The number of rotatable bonds is 5. The number of nitrogens with two attached hydrogens (primary N) is 1. The van der Waals surface area contributed by atoms with Crippen LogP contribution in [0.3, 0.4) is 0 Å². The van der Waals surface area contributed by atoms with Crippen molar-refractivity contribution in [3.8, 4) is 5.75 Å². The molecule has 1 aliphatic heterocycles. The van der Waals surface area contributed by atoms with Crippen LogP contribution in [0.2, 0.25) is 10.0 Å². The van der Waals surface area contributed by atoms with Crippen molar-refractivity contribution in [1.82, 2.24) is 4.90 Å². The van der Waals surface area contributed by atoms with Crippen molar-refractivity contribution in [2.75, 3.05) is 13.7 Å². The number of amides is 1. The number of fused-ring (bicyclic) bond motifs is 1. The minimum absolute atomic E-state index is 0.192. The molecule has 2 aromatic carbocycles. The van der Waals surface area contributed by atoms with Crippen LogP contribution in [0.5, 0.6) is 5.75 Å². The highest BCUT2D eigenvalue weighted by molar-refractivity contribution is 6.35. The summed E-state index contributed by atoms with van der Waals surface area (Å²) in [5.41, 5.74) is 8.20. The van der Waals surface area contributed by atoms with E-state index in [2.05, 4.69) is 0 Å². The van der Waals surface area contributed by atoms with Crippen LogP contribution in [0.25, 0.3) is 0 Å². The summed E-state index contributed by atoms with van der Waals surface area (Å²) >= 11 is 12.8. The minimum atomic E-state index is -0.767. The van der Waals surface area contributed by atoms with E-state index in [1.807, 2.05) is 0 Å². The van der Waals surface area contributed by atoms with E-state index in [-0.39, 0.29) is 24.6 Å². The predicted molar refractivity (Wildman–Crippen MR) is 128 cm³/mol. The number of hydrogen-bond donors (Lipinski definition) is 1. The molecule has 1 heterocycles. The summed E-state index contributed by atoms with van der Waals surface area (Å²) in [6, 6.07) is 9.23. The zero-order chi connectivity index (χ0) is 23.7. The van der Waals surface area contributed by atoms with Gasteiger partial charge in [-0.15, -0.1) is 0 Å². The molecule has 2 aliphatic rings. The standard InChI is InChI=1S/C25H28Cl2N2O4/c1-3-33-25(31)22-16-11-9-15(32-2)13-18(16)24(30)29(21-7-5-4-6-20(21)28)23(22)17-10-8-14(26)12-19(17)27/h8-13,20-23H,3-7,28H2,1-2H3/t20-,21-,22+,23-/m0/s1. The van der Waals surface area contributed by atoms with Crippen molar-refractivity contribution < 1.29 is 19.1 Å². The van der Waals surface area contributed by atoms with E-state index >= 15 is 0 Å². The molecule has 1 aliphatic carbocycles. The van der Waals surface area contributed by atoms with Crippen LogP contribution in [0.4, 0.5) is 0 Å². The van der Waals surface area contributed by atoms with Crippen LogP contribution in [-0.4, -0.2) is 42.6 Å². The molecule has 0 aromatic heterocycles. The number of benzene rings is 2. The summed E-state index contributed by atoms with van der Waals surface area (Å²) in [4.78, 5) is 29.2. The third-order valence-electron chi connectivity index (χ3n) is 6.64. The average molecular weight is 491 g/mol. The van der Waals surface area contributed by atoms with E-state index in [1.54, 1.807) is 55.3 Å². The van der Waals surface area contributed by atoms with Crippen LogP contribution in [0, 0.1) is 0 Å². The predicted octanol–water partition coefficient (Wildman–Crippen LogP) is 5.12. The first-order chi connectivity index (χ1) is 15.9. The summed E-state index contributed by atoms with van der Waals surface area (Å²) in [5, 5.41) is 0.866. The van der Waals surface area contributed by atoms with Gasteiger partial charge in [0, 0.05) is 27.7 Å². The molecule has 33 heavy (non-hydrogen) atoms. The Kier molecular flexibility index (Phi) is 7.17. The van der Waals surface area contributed by atoms with Crippen LogP contribution >= 0.6 is 23.2 Å². The molecule has 8 heteroatoms. The van der Waals surface area contributed by atoms with E-state index in [4.69, 9.17) is 38.4 Å². The fraction of sp³-hybridized carbons (Fsp3) is 0.440. The quantitative estimate of drug-likeness (QED) is 0.588. The van der Waals surface area contributed by atoms with E-state index in [0.29, 0.717) is 32.5 Å². The Morgan fingerprint density at radius 1 is 1.12 bits per heavy atom. The van der Waals surface area contributed by atoms with Crippen molar-refractivity contribution >= 4 is 35.1 Å². The number of ether oxygens (including phenoxy) is 2. The topological polar surface area (TPSA) is 81.9 Å². The molecule has 2 N–H and O–H groups in total. The Morgan fingerprint density at radius 3 is 2.52 bits per heavy atom. The monoisotopic (exact) mass is 490 g/mol. The Labute approximate surface area is 203 Å². The van der Waals surface area contributed by atoms with Gasteiger partial charge in [0.15, 0.2) is 0 Å². The Hall–Kier alpha value is -2.28. The minimum Gasteiger partial charge on any atom is -0.497 e. The lowest BCUT2D eigenvalue weighted by atomic mass is 9.77. The molecule has 1 fully saturated rings. The van der Waals surface area contributed by atoms with Crippen LogP contribution < -0.4 is 10.5 Å². The largest absolute Gasteiger partial charge is 0.497 e. The molecule has 0 unspecified atom stereocenters. The lowest BCUT2D eigenvalue weighted by Gasteiger charge is -2.48. The van der Waals surface area contributed by atoms with Crippen molar-refractivity contribution in [3.63, 3.8) is 0 Å². The first-order valence-electron chi connectivity index (χ1n) is 11.2. The van der Waals surface area contributed by atoms with Crippen LogP contribution in [-0.2, 0) is 9.53 Å². The normalized spacial score (nSPS) is 24.9. The van der Waals surface area contributed by atoms with Crippen molar-refractivity contribution in [3.05, 3.63) is 63.1 Å². The maximum Gasteiger partial charge on any atom is 0.315 e. The number of carbonyl (C=O) groups is 2. The fourth-order valence-electron chi connectivity index (χ4n) is 5.12. The Bertz CT molecular complexity index is 1060. The number of methoxy groups -OCH3 is 1. The first-order valence-corrected chi connectivity index (χ1v) is 12.0. The van der Waals surface area contributed by atoms with Crippen molar-refractivity contribution in [1.29, 1.82) is 0 Å². The van der Waals surface area contributed by atoms with Crippen LogP contribution in [0.1, 0.15) is 66.1 Å². The molecule has 0 bridgehead atoms. The van der Waals surface area contributed by atoms with E-state index in [9.17, 15) is 9.59 Å². The smallest absolute Gasteiger partial charge is 0.315 e. The highest BCUT2D eigenvalue weighted by Gasteiger charge is 2.49. The van der Waals surface area contributed by atoms with Gasteiger partial charge in [0.1, 0.15) is 11.7 Å². The molecule has 0 saturated heterocycles. The number of hydrogen-bond acceptors (Lipinski definition) is 5. The molecule has 1 saturated carbocycles. The third kappa shape index (κ3) is 4.44. The lowest BCUT2D eigenvalue weighted by molar-refractivity contribution is -0.147. The summed E-state index contributed by atoms with van der Waals surface area (Å²) < 4.78 is 10.9. The average Bonchev–Trinajstić information content (AvgIpc) is 2.80. The highest BCUT2D eigenvalue weighted by Crippen LogP contribution is 2.48. The van der Waals surface area contributed by atoms with Crippen molar-refractivity contribution in [2.45, 2.75) is 56.7 Å². The second kappa shape index (κ2) is 9.92. The molecule has 176 valence electrons. The zero-order valence-electron chi connectivity index (χ0n) is 18.7. The van der Waals surface area contributed by atoms with Gasteiger partial charge in [-0.2, -0.15) is 0 Å². The number of halogens is 2. The van der Waals surface area contributed by atoms with Gasteiger partial charge >= 0.3 is 5.97 Å². The number of carbonyl (C=O) groups excluding carboxylic acids is 2. The van der Waals surface area contributed by atoms with Gasteiger partial charge in [-0.3, -0.25) is 9.59 Å². The van der Waals surface area contributed by atoms with Gasteiger partial charge in [0.05, 0.1) is 19.8 Å². The molecular formula is C25H28Cl2N2O4. The van der Waals surface area contributed by atoms with E-state index < -0.39 is 17.9 Å². The maximum atomic E-state index is 14.0. The second-order valence-electron chi connectivity index (χ2n) is 8.52. The molecule has 4 atom stereocenters. The molecule has 2 aromatic rings. The summed E-state index contributed by atoms with van der Waals surface area (Å²) in [6.07, 6.45) is 3.53. The van der Waals surface area contributed by atoms with Gasteiger partial charge in [-0.05, 0) is 55.2 Å². The number of nitrogens with zero attached hydrogens (tertiary/aromatic N) is 1. The highest BCUT2D eigenvalue weighted by atomic mass is 35.5. The Morgan fingerprint density at radius 2 is 1.85 bits per heavy atom. The van der Waals surface area contributed by atoms with Crippen molar-refractivity contribution in [2.24, 2.45) is 5.73 Å². The van der Waals surface area contributed by atoms with E-state index in [1.165, 1.54) is 0 Å². The first kappa shape index (κ1) is 23.9. The molecular weight excluding hydrogens is 463 g/mol. The summed E-state index contributed by atoms with van der Waals surface area (Å²) in [7, 11) is 1.54.